The smallest absolute Gasteiger partial charge is 0.314 e. The van der Waals surface area contributed by atoms with Gasteiger partial charge in [0, 0.05) is 0 Å². The maximum atomic E-state index is 11.9. The standard InChI is InChI=1S/C15H12Cl2N2O5/c1-23-9-5-6-13(12(7-9)19(21)22)24-8-14(20)18-15-10(16)3-2-4-11(15)17/h2-7H,8H2,1H3,(H,18,20). The summed E-state index contributed by atoms with van der Waals surface area (Å²) >= 11 is 11.9. The fourth-order valence-corrected chi connectivity index (χ4v) is 2.32. The molecular formula is C15H12Cl2N2O5. The highest BCUT2D eigenvalue weighted by Gasteiger charge is 2.18. The third kappa shape index (κ3) is 4.27. The number of nitro groups is 1. The van der Waals surface area contributed by atoms with Crippen LogP contribution >= 0.6 is 23.2 Å². The fourth-order valence-electron chi connectivity index (χ4n) is 1.82. The summed E-state index contributed by atoms with van der Waals surface area (Å²) in [6, 6.07) is 8.82. The number of nitro benzene ring substituents is 1. The second-order valence-corrected chi connectivity index (χ2v) is 5.34. The summed E-state index contributed by atoms with van der Waals surface area (Å²) in [6.45, 7) is -0.450. The van der Waals surface area contributed by atoms with Crippen LogP contribution in [0.15, 0.2) is 36.4 Å². The van der Waals surface area contributed by atoms with Gasteiger partial charge >= 0.3 is 5.69 Å². The molecule has 0 aliphatic carbocycles. The van der Waals surface area contributed by atoms with Gasteiger partial charge in [-0.05, 0) is 24.3 Å². The molecule has 2 aromatic rings. The zero-order valence-electron chi connectivity index (χ0n) is 12.4. The van der Waals surface area contributed by atoms with Gasteiger partial charge in [-0.25, -0.2) is 0 Å². The van der Waals surface area contributed by atoms with E-state index in [1.54, 1.807) is 18.2 Å². The molecule has 0 aliphatic heterocycles. The van der Waals surface area contributed by atoms with Crippen molar-refractivity contribution in [2.24, 2.45) is 0 Å². The number of methoxy groups -OCH3 is 1. The number of nitrogens with zero attached hydrogens (tertiary/aromatic N) is 1. The Balaban J connectivity index is 2.08. The number of anilines is 1. The van der Waals surface area contributed by atoms with Gasteiger partial charge in [0.2, 0.25) is 0 Å². The molecule has 0 saturated carbocycles. The van der Waals surface area contributed by atoms with Gasteiger partial charge in [-0.1, -0.05) is 29.3 Å². The molecule has 2 rings (SSSR count). The second-order valence-electron chi connectivity index (χ2n) is 4.52. The number of para-hydroxylation sites is 1. The molecule has 1 N–H and O–H groups in total. The van der Waals surface area contributed by atoms with Crippen LogP contribution in [0.3, 0.4) is 0 Å². The summed E-state index contributed by atoms with van der Waals surface area (Å²) in [4.78, 5) is 22.4. The number of amides is 1. The van der Waals surface area contributed by atoms with E-state index < -0.39 is 17.4 Å². The van der Waals surface area contributed by atoms with Crippen LogP contribution in [0, 0.1) is 10.1 Å². The predicted octanol–water partition coefficient (Wildman–Crippen LogP) is 3.93. The Morgan fingerprint density at radius 1 is 1.25 bits per heavy atom. The number of hydrogen-bond donors (Lipinski definition) is 1. The highest BCUT2D eigenvalue weighted by molar-refractivity contribution is 6.39. The molecule has 0 heterocycles. The lowest BCUT2D eigenvalue weighted by atomic mass is 10.3. The van der Waals surface area contributed by atoms with Crippen LogP contribution in [-0.2, 0) is 4.79 Å². The minimum absolute atomic E-state index is 0.0544. The predicted molar refractivity (Wildman–Crippen MR) is 90.2 cm³/mol. The number of nitrogens with one attached hydrogen (secondary N) is 1. The van der Waals surface area contributed by atoms with Crippen LogP contribution in [0.2, 0.25) is 10.0 Å². The highest BCUT2D eigenvalue weighted by atomic mass is 35.5. The van der Waals surface area contributed by atoms with Gasteiger partial charge in [-0.2, -0.15) is 0 Å². The van der Waals surface area contributed by atoms with E-state index in [0.29, 0.717) is 5.75 Å². The molecule has 9 heteroatoms. The molecular weight excluding hydrogens is 359 g/mol. The van der Waals surface area contributed by atoms with Crippen molar-refractivity contribution in [1.29, 1.82) is 0 Å². The first-order chi connectivity index (χ1) is 11.4. The van der Waals surface area contributed by atoms with Gasteiger partial charge < -0.3 is 14.8 Å². The average molecular weight is 371 g/mol. The van der Waals surface area contributed by atoms with Crippen LogP contribution in [0.4, 0.5) is 11.4 Å². The molecule has 0 aromatic heterocycles. The van der Waals surface area contributed by atoms with Gasteiger partial charge in [0.25, 0.3) is 5.91 Å². The molecule has 0 bridgehead atoms. The lowest BCUT2D eigenvalue weighted by Gasteiger charge is -2.10. The Labute approximate surface area is 147 Å². The number of halogens is 2. The quantitative estimate of drug-likeness (QED) is 0.614. The summed E-state index contributed by atoms with van der Waals surface area (Å²) < 4.78 is 10.1. The molecule has 7 nitrogen and oxygen atoms in total. The van der Waals surface area contributed by atoms with Gasteiger partial charge in [0.1, 0.15) is 5.75 Å². The minimum atomic E-state index is -0.624. The molecule has 0 unspecified atom stereocenters. The van der Waals surface area contributed by atoms with Crippen LogP contribution < -0.4 is 14.8 Å². The normalized spacial score (nSPS) is 10.1. The number of rotatable bonds is 6. The Bertz CT molecular complexity index is 762. The Morgan fingerprint density at radius 2 is 1.92 bits per heavy atom. The lowest BCUT2D eigenvalue weighted by molar-refractivity contribution is -0.385. The molecule has 0 radical (unpaired) electrons. The Kier molecular flexibility index (Phi) is 5.83. The lowest BCUT2D eigenvalue weighted by Crippen LogP contribution is -2.20. The molecule has 0 spiro atoms. The van der Waals surface area contributed by atoms with Crippen molar-refractivity contribution in [3.63, 3.8) is 0 Å². The van der Waals surface area contributed by atoms with Crippen molar-refractivity contribution in [3.8, 4) is 11.5 Å². The highest BCUT2D eigenvalue weighted by Crippen LogP contribution is 2.32. The Hall–Kier alpha value is -2.51. The number of carbonyl (C=O) groups excluding carboxylic acids is 1. The summed E-state index contributed by atoms with van der Waals surface area (Å²) in [5.41, 5.74) is -0.0587. The molecule has 0 saturated heterocycles. The number of hydrogen-bond acceptors (Lipinski definition) is 5. The van der Waals surface area contributed by atoms with Crippen molar-refractivity contribution in [3.05, 3.63) is 56.6 Å². The molecule has 1 amide bonds. The monoisotopic (exact) mass is 370 g/mol. The van der Waals surface area contributed by atoms with Gasteiger partial charge in [0.05, 0.1) is 33.8 Å². The summed E-state index contributed by atoms with van der Waals surface area (Å²) in [6.07, 6.45) is 0. The van der Waals surface area contributed by atoms with E-state index in [1.165, 1.54) is 25.3 Å². The van der Waals surface area contributed by atoms with Crippen LogP contribution in [-0.4, -0.2) is 24.5 Å². The first-order valence-corrected chi connectivity index (χ1v) is 7.37. The van der Waals surface area contributed by atoms with Crippen molar-refractivity contribution >= 4 is 40.5 Å². The fraction of sp³-hybridized carbons (Fsp3) is 0.133. The van der Waals surface area contributed by atoms with Crippen molar-refractivity contribution in [2.45, 2.75) is 0 Å². The molecule has 126 valence electrons. The minimum Gasteiger partial charge on any atom is -0.496 e. The SMILES string of the molecule is COc1ccc(OCC(=O)Nc2c(Cl)cccc2Cl)c([N+](=O)[O-])c1. The Morgan fingerprint density at radius 3 is 2.50 bits per heavy atom. The third-order valence-corrected chi connectivity index (χ3v) is 3.58. The second kappa shape index (κ2) is 7.85. The van der Waals surface area contributed by atoms with Crippen molar-refractivity contribution in [1.82, 2.24) is 0 Å². The van der Waals surface area contributed by atoms with Gasteiger partial charge in [0.15, 0.2) is 12.4 Å². The number of benzene rings is 2. The average Bonchev–Trinajstić information content (AvgIpc) is 2.56. The van der Waals surface area contributed by atoms with E-state index in [9.17, 15) is 14.9 Å². The first-order valence-electron chi connectivity index (χ1n) is 6.61. The molecule has 0 aliphatic rings. The van der Waals surface area contributed by atoms with Crippen molar-refractivity contribution in [2.75, 3.05) is 19.0 Å². The van der Waals surface area contributed by atoms with E-state index >= 15 is 0 Å². The third-order valence-electron chi connectivity index (χ3n) is 2.95. The van der Waals surface area contributed by atoms with Crippen LogP contribution in [0.1, 0.15) is 0 Å². The molecule has 0 fully saturated rings. The van der Waals surface area contributed by atoms with Gasteiger partial charge in [-0.15, -0.1) is 0 Å². The van der Waals surface area contributed by atoms with E-state index in [2.05, 4.69) is 5.32 Å². The van der Waals surface area contributed by atoms with Crippen LogP contribution in [0.25, 0.3) is 0 Å². The number of ether oxygens (including phenoxy) is 2. The molecule has 2 aromatic carbocycles. The van der Waals surface area contributed by atoms with Gasteiger partial charge in [-0.3, -0.25) is 14.9 Å². The van der Waals surface area contributed by atoms with Crippen LogP contribution in [0.5, 0.6) is 11.5 Å². The van der Waals surface area contributed by atoms with E-state index in [0.717, 1.165) is 0 Å². The van der Waals surface area contributed by atoms with E-state index in [4.69, 9.17) is 32.7 Å². The largest absolute Gasteiger partial charge is 0.496 e. The maximum absolute atomic E-state index is 11.9. The van der Waals surface area contributed by atoms with E-state index in [1.807, 2.05) is 0 Å². The topological polar surface area (TPSA) is 90.7 Å². The van der Waals surface area contributed by atoms with E-state index in [-0.39, 0.29) is 27.2 Å². The maximum Gasteiger partial charge on any atom is 0.314 e. The summed E-state index contributed by atoms with van der Waals surface area (Å²) in [5.74, 6) is -0.308. The molecule has 24 heavy (non-hydrogen) atoms. The summed E-state index contributed by atoms with van der Waals surface area (Å²) in [7, 11) is 1.39. The van der Waals surface area contributed by atoms with Crippen molar-refractivity contribution < 1.29 is 19.2 Å². The molecule has 0 atom stereocenters. The number of carbonyl (C=O) groups is 1. The summed E-state index contributed by atoms with van der Waals surface area (Å²) in [5, 5.41) is 14.1. The zero-order valence-corrected chi connectivity index (χ0v) is 13.9. The first kappa shape index (κ1) is 17.8. The zero-order chi connectivity index (χ0) is 17.7.